The van der Waals surface area contributed by atoms with Gasteiger partial charge in [0.05, 0.1) is 0 Å². The zero-order valence-corrected chi connectivity index (χ0v) is 23.1. The van der Waals surface area contributed by atoms with Crippen LogP contribution in [0.4, 0.5) is 0 Å². The van der Waals surface area contributed by atoms with E-state index in [1.54, 1.807) is 0 Å². The molecule has 0 N–H and O–H groups in total. The van der Waals surface area contributed by atoms with Crippen molar-refractivity contribution < 1.29 is 38.0 Å². The van der Waals surface area contributed by atoms with Crippen molar-refractivity contribution in [3.8, 4) is 23.0 Å². The highest BCUT2D eigenvalue weighted by atomic mass is 16.6. The molecule has 0 radical (unpaired) electrons. The van der Waals surface area contributed by atoms with Gasteiger partial charge in [-0.05, 0) is 36.4 Å². The van der Waals surface area contributed by atoms with Crippen LogP contribution in [-0.4, -0.2) is 50.6 Å². The second kappa shape index (κ2) is 15.5. The predicted molar refractivity (Wildman–Crippen MR) is 159 cm³/mol. The maximum absolute atomic E-state index is 11.9. The van der Waals surface area contributed by atoms with Gasteiger partial charge in [0.15, 0.2) is 12.2 Å². The highest BCUT2D eigenvalue weighted by Crippen LogP contribution is 2.32. The molecular formula is C34H32O8. The van der Waals surface area contributed by atoms with Gasteiger partial charge in [0.1, 0.15) is 49.4 Å². The summed E-state index contributed by atoms with van der Waals surface area (Å²) in [7, 11) is 0. The molecule has 0 bridgehead atoms. The molecule has 4 rings (SSSR count). The number of hydrogen-bond donors (Lipinski definition) is 0. The van der Waals surface area contributed by atoms with Gasteiger partial charge in [-0.3, -0.25) is 0 Å². The second-order valence-electron chi connectivity index (χ2n) is 9.00. The van der Waals surface area contributed by atoms with Crippen molar-refractivity contribution >= 4 is 22.7 Å². The lowest BCUT2D eigenvalue weighted by Crippen LogP contribution is -2.30. The van der Waals surface area contributed by atoms with Crippen molar-refractivity contribution in [2.75, 3.05) is 26.4 Å². The van der Waals surface area contributed by atoms with Gasteiger partial charge in [-0.2, -0.15) is 0 Å². The van der Waals surface area contributed by atoms with Gasteiger partial charge in [0.2, 0.25) is 0 Å². The summed E-state index contributed by atoms with van der Waals surface area (Å²) in [6.07, 6.45) is 0.828. The minimum atomic E-state index is -0.685. The molecule has 0 heterocycles. The predicted octanol–water partition coefficient (Wildman–Crippen LogP) is 5.95. The van der Waals surface area contributed by atoms with Crippen molar-refractivity contribution in [1.29, 1.82) is 0 Å². The van der Waals surface area contributed by atoms with Crippen LogP contribution in [0.2, 0.25) is 0 Å². The lowest BCUT2D eigenvalue weighted by molar-refractivity contribution is -0.147. The molecule has 2 unspecified atom stereocenters. The standard InChI is InChI=1S/C34H32O8/c1-3-33(35)41-27(21-37-25-13-7-5-8-14-25)23-39-31-19-11-18-30-29(31)17-12-20-32(30)40-24-28(42-34(36)4-2)22-38-26-15-9-6-10-16-26/h3-20,27-28H,1-2,21-24H2. The van der Waals surface area contributed by atoms with Crippen LogP contribution in [0.3, 0.4) is 0 Å². The van der Waals surface area contributed by atoms with Gasteiger partial charge in [-0.25, -0.2) is 9.59 Å². The summed E-state index contributed by atoms with van der Waals surface area (Å²) in [6, 6.07) is 29.6. The van der Waals surface area contributed by atoms with Gasteiger partial charge >= 0.3 is 11.9 Å². The van der Waals surface area contributed by atoms with E-state index in [-0.39, 0.29) is 26.4 Å². The topological polar surface area (TPSA) is 89.5 Å². The van der Waals surface area contributed by atoms with Crippen LogP contribution < -0.4 is 18.9 Å². The van der Waals surface area contributed by atoms with E-state index in [9.17, 15) is 9.59 Å². The highest BCUT2D eigenvalue weighted by molar-refractivity contribution is 5.93. The van der Waals surface area contributed by atoms with E-state index in [1.165, 1.54) is 0 Å². The summed E-state index contributed by atoms with van der Waals surface area (Å²) in [4.78, 5) is 23.9. The van der Waals surface area contributed by atoms with Crippen LogP contribution in [0, 0.1) is 0 Å². The summed E-state index contributed by atoms with van der Waals surface area (Å²) < 4.78 is 34.7. The zero-order chi connectivity index (χ0) is 29.6. The number of hydrogen-bond acceptors (Lipinski definition) is 8. The number of fused-ring (bicyclic) bond motifs is 1. The lowest BCUT2D eigenvalue weighted by atomic mass is 10.1. The van der Waals surface area contributed by atoms with Crippen molar-refractivity contribution in [2.24, 2.45) is 0 Å². The molecule has 2 atom stereocenters. The number of rotatable bonds is 16. The number of carbonyl (C=O) groups is 2. The third kappa shape index (κ3) is 8.89. The summed E-state index contributed by atoms with van der Waals surface area (Å²) >= 11 is 0. The first kappa shape index (κ1) is 29.7. The lowest BCUT2D eigenvalue weighted by Gasteiger charge is -2.20. The minimum Gasteiger partial charge on any atom is -0.490 e. The van der Waals surface area contributed by atoms with E-state index in [0.717, 1.165) is 22.9 Å². The highest BCUT2D eigenvalue weighted by Gasteiger charge is 2.18. The average molecular weight is 569 g/mol. The van der Waals surface area contributed by atoms with Crippen molar-refractivity contribution in [3.63, 3.8) is 0 Å². The number of ether oxygens (including phenoxy) is 6. The Labute approximate surface area is 244 Å². The Hall–Kier alpha value is -5.24. The molecule has 0 amide bonds. The number of carbonyl (C=O) groups excluding carboxylic acids is 2. The molecule has 8 heteroatoms. The quantitative estimate of drug-likeness (QED) is 0.121. The fourth-order valence-electron chi connectivity index (χ4n) is 3.94. The maximum Gasteiger partial charge on any atom is 0.330 e. The van der Waals surface area contributed by atoms with Crippen LogP contribution in [0.1, 0.15) is 0 Å². The maximum atomic E-state index is 11.9. The Balaban J connectivity index is 1.44. The fraction of sp³-hybridized carbons (Fsp3) is 0.176. The Morgan fingerprint density at radius 3 is 1.29 bits per heavy atom. The molecule has 4 aromatic rings. The summed E-state index contributed by atoms with van der Waals surface area (Å²) in [5.41, 5.74) is 0. The van der Waals surface area contributed by atoms with Gasteiger partial charge in [-0.1, -0.05) is 73.8 Å². The molecule has 42 heavy (non-hydrogen) atoms. The van der Waals surface area contributed by atoms with Crippen LogP contribution >= 0.6 is 0 Å². The molecule has 0 aliphatic carbocycles. The first-order valence-electron chi connectivity index (χ1n) is 13.3. The van der Waals surface area contributed by atoms with E-state index in [4.69, 9.17) is 28.4 Å². The molecule has 8 nitrogen and oxygen atoms in total. The first-order chi connectivity index (χ1) is 20.6. The van der Waals surface area contributed by atoms with Crippen LogP contribution in [-0.2, 0) is 19.1 Å². The van der Waals surface area contributed by atoms with E-state index >= 15 is 0 Å². The van der Waals surface area contributed by atoms with E-state index in [2.05, 4.69) is 13.2 Å². The van der Waals surface area contributed by atoms with Crippen molar-refractivity contribution in [3.05, 3.63) is 122 Å². The minimum absolute atomic E-state index is 0.0486. The van der Waals surface area contributed by atoms with Gasteiger partial charge in [0, 0.05) is 22.9 Å². The first-order valence-corrected chi connectivity index (χ1v) is 13.3. The molecule has 0 aliphatic rings. The Morgan fingerprint density at radius 2 is 0.905 bits per heavy atom. The SMILES string of the molecule is C=CC(=O)OC(COc1ccccc1)COc1cccc2c(OCC(COc3ccccc3)OC(=O)C=C)cccc12. The Kier molecular flexibility index (Phi) is 11.0. The number of benzene rings is 4. The van der Waals surface area contributed by atoms with Crippen LogP contribution in [0.5, 0.6) is 23.0 Å². The van der Waals surface area contributed by atoms with Crippen molar-refractivity contribution in [2.45, 2.75) is 12.2 Å². The second-order valence-corrected chi connectivity index (χ2v) is 9.00. The largest absolute Gasteiger partial charge is 0.490 e. The smallest absolute Gasteiger partial charge is 0.330 e. The monoisotopic (exact) mass is 568 g/mol. The van der Waals surface area contributed by atoms with Gasteiger partial charge in [-0.15, -0.1) is 0 Å². The summed E-state index contributed by atoms with van der Waals surface area (Å²) in [5, 5.41) is 1.57. The molecule has 0 saturated carbocycles. The van der Waals surface area contributed by atoms with E-state index < -0.39 is 24.1 Å². The number of esters is 2. The van der Waals surface area contributed by atoms with Gasteiger partial charge < -0.3 is 28.4 Å². The van der Waals surface area contributed by atoms with Gasteiger partial charge in [0.25, 0.3) is 0 Å². The van der Waals surface area contributed by atoms with E-state index in [0.29, 0.717) is 23.0 Å². The molecular weight excluding hydrogens is 536 g/mol. The molecule has 216 valence electrons. The molecule has 0 aliphatic heterocycles. The van der Waals surface area contributed by atoms with Crippen LogP contribution in [0.15, 0.2) is 122 Å². The molecule has 0 fully saturated rings. The molecule has 0 spiro atoms. The fourth-order valence-corrected chi connectivity index (χ4v) is 3.94. The Morgan fingerprint density at radius 1 is 0.524 bits per heavy atom. The third-order valence-corrected chi connectivity index (χ3v) is 5.95. The van der Waals surface area contributed by atoms with Crippen molar-refractivity contribution in [1.82, 2.24) is 0 Å². The van der Waals surface area contributed by atoms with Crippen LogP contribution in [0.25, 0.3) is 10.8 Å². The number of para-hydroxylation sites is 2. The molecule has 0 aromatic heterocycles. The molecule has 0 saturated heterocycles. The molecule has 4 aromatic carbocycles. The summed E-state index contributed by atoms with van der Waals surface area (Å²) in [6.45, 7) is 7.22. The summed E-state index contributed by atoms with van der Waals surface area (Å²) in [5.74, 6) is 1.29. The normalized spacial score (nSPS) is 11.9. The zero-order valence-electron chi connectivity index (χ0n) is 23.1. The third-order valence-electron chi connectivity index (χ3n) is 5.95. The Bertz CT molecular complexity index is 1360. The average Bonchev–Trinajstić information content (AvgIpc) is 3.04. The van der Waals surface area contributed by atoms with E-state index in [1.807, 2.05) is 97.1 Å².